The van der Waals surface area contributed by atoms with Crippen LogP contribution in [0.4, 0.5) is 5.69 Å². The minimum absolute atomic E-state index is 0.371. The van der Waals surface area contributed by atoms with Gasteiger partial charge in [0.05, 0.1) is 11.7 Å². The van der Waals surface area contributed by atoms with Gasteiger partial charge in [-0.3, -0.25) is 0 Å². The molecule has 0 amide bonds. The molecule has 3 heteroatoms. The summed E-state index contributed by atoms with van der Waals surface area (Å²) in [5.74, 6) is 0.970. The normalized spacial score (nSPS) is 19.4. The molecule has 1 aliphatic heterocycles. The zero-order valence-corrected chi connectivity index (χ0v) is 8.63. The molecule has 0 saturated heterocycles. The molecule has 1 aromatic rings. The lowest BCUT2D eigenvalue weighted by molar-refractivity contribution is 0.282. The van der Waals surface area contributed by atoms with Crippen LogP contribution in [-0.2, 0) is 0 Å². The standard InChI is InChI=1S/C11H16N2O/c1-8-3-4-10-11(5-8)14-7-9(13-10)6-12-2/h3-5,9,12-13H,6-7H2,1-2H3. The maximum Gasteiger partial charge on any atom is 0.142 e. The van der Waals surface area contributed by atoms with E-state index in [2.05, 4.69) is 35.8 Å². The average molecular weight is 192 g/mol. The Labute approximate surface area is 84.5 Å². The molecule has 0 aromatic heterocycles. The van der Waals surface area contributed by atoms with Gasteiger partial charge in [0.2, 0.25) is 0 Å². The molecule has 3 nitrogen and oxygen atoms in total. The Hall–Kier alpha value is -1.22. The summed E-state index contributed by atoms with van der Waals surface area (Å²) < 4.78 is 5.67. The van der Waals surface area contributed by atoms with Gasteiger partial charge in [0.1, 0.15) is 12.4 Å². The van der Waals surface area contributed by atoms with Gasteiger partial charge in [-0.1, -0.05) is 6.07 Å². The minimum atomic E-state index is 0.371. The first-order chi connectivity index (χ1) is 6.79. The lowest BCUT2D eigenvalue weighted by Gasteiger charge is -2.27. The Morgan fingerprint density at radius 2 is 2.43 bits per heavy atom. The smallest absolute Gasteiger partial charge is 0.142 e. The number of hydrogen-bond acceptors (Lipinski definition) is 3. The second-order valence-corrected chi connectivity index (χ2v) is 3.71. The van der Waals surface area contributed by atoms with E-state index in [-0.39, 0.29) is 0 Å². The largest absolute Gasteiger partial charge is 0.489 e. The summed E-state index contributed by atoms with van der Waals surface area (Å²) in [4.78, 5) is 0. The van der Waals surface area contributed by atoms with E-state index in [1.165, 1.54) is 5.56 Å². The Morgan fingerprint density at radius 3 is 3.21 bits per heavy atom. The van der Waals surface area contributed by atoms with Gasteiger partial charge in [0, 0.05) is 6.54 Å². The Bertz CT molecular complexity index is 325. The Kier molecular flexibility index (Phi) is 2.59. The number of rotatable bonds is 2. The fraction of sp³-hybridized carbons (Fsp3) is 0.455. The number of likely N-dealkylation sites (N-methyl/N-ethyl adjacent to an activating group) is 1. The molecule has 0 bridgehead atoms. The molecule has 1 heterocycles. The van der Waals surface area contributed by atoms with Crippen LogP contribution in [0.15, 0.2) is 18.2 Å². The summed E-state index contributed by atoms with van der Waals surface area (Å²) in [5, 5.41) is 6.57. The number of ether oxygens (including phenoxy) is 1. The van der Waals surface area contributed by atoms with Crippen molar-refractivity contribution in [3.63, 3.8) is 0 Å². The SMILES string of the molecule is CNCC1COc2cc(C)ccc2N1. The summed E-state index contributed by atoms with van der Waals surface area (Å²) in [6, 6.07) is 6.61. The van der Waals surface area contributed by atoms with Gasteiger partial charge in [-0.2, -0.15) is 0 Å². The molecule has 76 valence electrons. The van der Waals surface area contributed by atoms with Gasteiger partial charge in [-0.05, 0) is 31.7 Å². The molecule has 1 unspecified atom stereocenters. The third-order valence-corrected chi connectivity index (χ3v) is 2.39. The number of nitrogens with one attached hydrogen (secondary N) is 2. The fourth-order valence-corrected chi connectivity index (χ4v) is 1.68. The van der Waals surface area contributed by atoms with Gasteiger partial charge in [-0.15, -0.1) is 0 Å². The molecule has 0 saturated carbocycles. The van der Waals surface area contributed by atoms with E-state index in [1.807, 2.05) is 7.05 Å². The number of benzene rings is 1. The maximum absolute atomic E-state index is 5.67. The van der Waals surface area contributed by atoms with Crippen molar-refractivity contribution in [1.29, 1.82) is 0 Å². The summed E-state index contributed by atoms with van der Waals surface area (Å²) in [7, 11) is 1.95. The second-order valence-electron chi connectivity index (χ2n) is 3.71. The zero-order chi connectivity index (χ0) is 9.97. The molecule has 1 aliphatic rings. The maximum atomic E-state index is 5.67. The lowest BCUT2D eigenvalue weighted by Crippen LogP contribution is -2.38. The molecule has 2 N–H and O–H groups in total. The predicted octanol–water partition coefficient (Wildman–Crippen LogP) is 1.39. The van der Waals surface area contributed by atoms with Crippen LogP contribution in [0.3, 0.4) is 0 Å². The monoisotopic (exact) mass is 192 g/mol. The van der Waals surface area contributed by atoms with Gasteiger partial charge < -0.3 is 15.4 Å². The number of hydrogen-bond donors (Lipinski definition) is 2. The van der Waals surface area contributed by atoms with Crippen LogP contribution in [0.5, 0.6) is 5.75 Å². The first kappa shape index (κ1) is 9.34. The summed E-state index contributed by atoms with van der Waals surface area (Å²) in [5.41, 5.74) is 2.33. The molecule has 0 radical (unpaired) electrons. The molecular formula is C11H16N2O. The highest BCUT2D eigenvalue weighted by atomic mass is 16.5. The first-order valence-electron chi connectivity index (χ1n) is 4.94. The highest BCUT2D eigenvalue weighted by molar-refractivity contribution is 5.59. The molecule has 2 rings (SSSR count). The Balaban J connectivity index is 2.15. The highest BCUT2D eigenvalue weighted by Crippen LogP contribution is 2.29. The van der Waals surface area contributed by atoms with Crippen LogP contribution in [0.1, 0.15) is 5.56 Å². The highest BCUT2D eigenvalue weighted by Gasteiger charge is 2.17. The van der Waals surface area contributed by atoms with E-state index in [4.69, 9.17) is 4.74 Å². The van der Waals surface area contributed by atoms with E-state index in [1.54, 1.807) is 0 Å². The molecule has 0 aliphatic carbocycles. The summed E-state index contributed by atoms with van der Waals surface area (Å²) in [6.07, 6.45) is 0. The third-order valence-electron chi connectivity index (χ3n) is 2.39. The van der Waals surface area contributed by atoms with Gasteiger partial charge in [-0.25, -0.2) is 0 Å². The summed E-state index contributed by atoms with van der Waals surface area (Å²) in [6.45, 7) is 3.73. The first-order valence-corrected chi connectivity index (χ1v) is 4.94. The zero-order valence-electron chi connectivity index (χ0n) is 8.63. The van der Waals surface area contributed by atoms with Gasteiger partial charge >= 0.3 is 0 Å². The molecule has 0 fully saturated rings. The number of fused-ring (bicyclic) bond motifs is 1. The molecular weight excluding hydrogens is 176 g/mol. The minimum Gasteiger partial charge on any atom is -0.489 e. The summed E-state index contributed by atoms with van der Waals surface area (Å²) >= 11 is 0. The van der Waals surface area contributed by atoms with Crippen molar-refractivity contribution in [3.05, 3.63) is 23.8 Å². The topological polar surface area (TPSA) is 33.3 Å². The van der Waals surface area contributed by atoms with Crippen LogP contribution in [-0.4, -0.2) is 26.2 Å². The van der Waals surface area contributed by atoms with Crippen LogP contribution in [0, 0.1) is 6.92 Å². The number of aryl methyl sites for hydroxylation is 1. The van der Waals surface area contributed by atoms with E-state index >= 15 is 0 Å². The fourth-order valence-electron chi connectivity index (χ4n) is 1.68. The van der Waals surface area contributed by atoms with E-state index in [9.17, 15) is 0 Å². The van der Waals surface area contributed by atoms with Gasteiger partial charge in [0.25, 0.3) is 0 Å². The number of anilines is 1. The van der Waals surface area contributed by atoms with Gasteiger partial charge in [0.15, 0.2) is 0 Å². The van der Waals surface area contributed by atoms with Crippen molar-refractivity contribution in [2.24, 2.45) is 0 Å². The Morgan fingerprint density at radius 1 is 1.57 bits per heavy atom. The van der Waals surface area contributed by atoms with Crippen LogP contribution in [0.2, 0.25) is 0 Å². The molecule has 0 spiro atoms. The van der Waals surface area contributed by atoms with Crippen molar-refractivity contribution >= 4 is 5.69 Å². The lowest BCUT2D eigenvalue weighted by atomic mass is 10.1. The molecule has 1 atom stereocenters. The quantitative estimate of drug-likeness (QED) is 0.743. The van der Waals surface area contributed by atoms with Crippen molar-refractivity contribution in [1.82, 2.24) is 5.32 Å². The third kappa shape index (κ3) is 1.82. The van der Waals surface area contributed by atoms with E-state index < -0.39 is 0 Å². The van der Waals surface area contributed by atoms with Crippen LogP contribution in [0.25, 0.3) is 0 Å². The van der Waals surface area contributed by atoms with Crippen molar-refractivity contribution in [2.75, 3.05) is 25.5 Å². The van der Waals surface area contributed by atoms with Crippen molar-refractivity contribution in [3.8, 4) is 5.75 Å². The van der Waals surface area contributed by atoms with E-state index in [0.717, 1.165) is 24.6 Å². The molecule has 1 aromatic carbocycles. The van der Waals surface area contributed by atoms with Crippen molar-refractivity contribution in [2.45, 2.75) is 13.0 Å². The molecule has 14 heavy (non-hydrogen) atoms. The van der Waals surface area contributed by atoms with Crippen molar-refractivity contribution < 1.29 is 4.74 Å². The average Bonchev–Trinajstić information content (AvgIpc) is 2.19. The van der Waals surface area contributed by atoms with Crippen LogP contribution >= 0.6 is 0 Å². The second kappa shape index (κ2) is 3.88. The predicted molar refractivity (Wildman–Crippen MR) is 58.0 cm³/mol. The van der Waals surface area contributed by atoms with Crippen LogP contribution < -0.4 is 15.4 Å². The van der Waals surface area contributed by atoms with E-state index in [0.29, 0.717) is 6.04 Å².